The van der Waals surface area contributed by atoms with Crippen molar-refractivity contribution in [1.29, 1.82) is 0 Å². The van der Waals surface area contributed by atoms with Gasteiger partial charge in [0.1, 0.15) is 0 Å². The van der Waals surface area contributed by atoms with Gasteiger partial charge in [0.15, 0.2) is 0 Å². The summed E-state index contributed by atoms with van der Waals surface area (Å²) in [5.74, 6) is 0.728. The Morgan fingerprint density at radius 1 is 1.11 bits per heavy atom. The molecule has 0 amide bonds. The lowest BCUT2D eigenvalue weighted by atomic mass is 9.86. The van der Waals surface area contributed by atoms with Gasteiger partial charge in [-0.25, -0.2) is 9.97 Å². The SMILES string of the molecule is NCCCCc1c[nH]c2c(C3CCNC(c4ccccc4)C3)nc(N)nc12. The van der Waals surface area contributed by atoms with Crippen LogP contribution in [0, 0.1) is 0 Å². The van der Waals surface area contributed by atoms with E-state index in [4.69, 9.17) is 11.5 Å². The van der Waals surface area contributed by atoms with Gasteiger partial charge in [-0.1, -0.05) is 30.3 Å². The zero-order valence-corrected chi connectivity index (χ0v) is 15.6. The normalized spacial score (nSPS) is 20.2. The van der Waals surface area contributed by atoms with Crippen molar-refractivity contribution in [2.75, 3.05) is 18.8 Å². The van der Waals surface area contributed by atoms with Crippen LogP contribution in [0.4, 0.5) is 5.95 Å². The maximum atomic E-state index is 6.09. The molecule has 0 bridgehead atoms. The first-order valence-electron chi connectivity index (χ1n) is 9.88. The quantitative estimate of drug-likeness (QED) is 0.503. The highest BCUT2D eigenvalue weighted by Gasteiger charge is 2.27. The summed E-state index contributed by atoms with van der Waals surface area (Å²) in [6.07, 6.45) is 7.17. The van der Waals surface area contributed by atoms with Crippen molar-refractivity contribution in [1.82, 2.24) is 20.3 Å². The van der Waals surface area contributed by atoms with E-state index in [1.807, 2.05) is 0 Å². The fraction of sp³-hybridized carbons (Fsp3) is 0.429. The Morgan fingerprint density at radius 2 is 1.96 bits per heavy atom. The molecule has 27 heavy (non-hydrogen) atoms. The summed E-state index contributed by atoms with van der Waals surface area (Å²) in [7, 11) is 0. The van der Waals surface area contributed by atoms with Gasteiger partial charge in [0, 0.05) is 18.2 Å². The molecule has 2 unspecified atom stereocenters. The first-order chi connectivity index (χ1) is 13.3. The van der Waals surface area contributed by atoms with Gasteiger partial charge in [0.05, 0.1) is 16.7 Å². The number of hydrogen-bond acceptors (Lipinski definition) is 5. The molecule has 3 aromatic rings. The molecular weight excluding hydrogens is 336 g/mol. The standard InChI is InChI=1S/C21H28N6/c22-10-5-4-8-16-13-25-20-18(26-21(23)27-19(16)20)15-9-11-24-17(12-15)14-6-2-1-3-7-14/h1-3,6-7,13,15,17,24-25H,4-5,8-12,22H2,(H2,23,26,27). The van der Waals surface area contributed by atoms with Crippen molar-refractivity contribution < 1.29 is 0 Å². The van der Waals surface area contributed by atoms with E-state index in [1.54, 1.807) is 0 Å². The summed E-state index contributed by atoms with van der Waals surface area (Å²) in [5, 5.41) is 3.64. The molecule has 1 saturated heterocycles. The van der Waals surface area contributed by atoms with Crippen LogP contribution in [-0.2, 0) is 6.42 Å². The first kappa shape index (κ1) is 17.9. The fourth-order valence-electron chi connectivity index (χ4n) is 4.15. The molecule has 6 N–H and O–H groups in total. The van der Waals surface area contributed by atoms with Gasteiger partial charge in [0.2, 0.25) is 5.95 Å². The van der Waals surface area contributed by atoms with E-state index < -0.39 is 0 Å². The van der Waals surface area contributed by atoms with Crippen molar-refractivity contribution >= 4 is 17.0 Å². The number of benzene rings is 1. The molecule has 1 aliphatic rings. The number of nitrogens with one attached hydrogen (secondary N) is 2. The van der Waals surface area contributed by atoms with Crippen molar-refractivity contribution in [2.45, 2.75) is 44.1 Å². The number of unbranched alkanes of at least 4 members (excludes halogenated alkanes) is 1. The smallest absolute Gasteiger partial charge is 0.220 e. The number of rotatable bonds is 6. The molecule has 0 radical (unpaired) electrons. The zero-order chi connectivity index (χ0) is 18.6. The minimum Gasteiger partial charge on any atom is -0.368 e. The van der Waals surface area contributed by atoms with Gasteiger partial charge in [-0.2, -0.15) is 0 Å². The van der Waals surface area contributed by atoms with E-state index in [1.165, 1.54) is 11.1 Å². The van der Waals surface area contributed by atoms with Gasteiger partial charge >= 0.3 is 0 Å². The lowest BCUT2D eigenvalue weighted by Gasteiger charge is -2.30. The summed E-state index contributed by atoms with van der Waals surface area (Å²) in [6.45, 7) is 1.69. The number of hydrogen-bond donors (Lipinski definition) is 4. The predicted molar refractivity (Wildman–Crippen MR) is 109 cm³/mol. The van der Waals surface area contributed by atoms with Crippen LogP contribution in [0.15, 0.2) is 36.5 Å². The number of anilines is 1. The number of fused-ring (bicyclic) bond motifs is 1. The van der Waals surface area contributed by atoms with Crippen molar-refractivity contribution in [3.63, 3.8) is 0 Å². The molecule has 0 spiro atoms. The third-order valence-corrected chi connectivity index (χ3v) is 5.54. The van der Waals surface area contributed by atoms with Gasteiger partial charge in [-0.3, -0.25) is 0 Å². The first-order valence-corrected chi connectivity index (χ1v) is 9.88. The third kappa shape index (κ3) is 3.82. The van der Waals surface area contributed by atoms with Crippen LogP contribution >= 0.6 is 0 Å². The average Bonchev–Trinajstić information content (AvgIpc) is 3.11. The summed E-state index contributed by atoms with van der Waals surface area (Å²) in [5.41, 5.74) is 17.3. The molecular formula is C21H28N6. The molecule has 2 atom stereocenters. The number of aromatic amines is 1. The molecule has 1 fully saturated rings. The van der Waals surface area contributed by atoms with E-state index >= 15 is 0 Å². The van der Waals surface area contributed by atoms with E-state index in [2.05, 4.69) is 56.8 Å². The molecule has 1 aromatic carbocycles. The second kappa shape index (κ2) is 8.06. The Kier molecular flexibility index (Phi) is 5.36. The van der Waals surface area contributed by atoms with E-state index in [-0.39, 0.29) is 0 Å². The van der Waals surface area contributed by atoms with Gasteiger partial charge < -0.3 is 21.8 Å². The highest BCUT2D eigenvalue weighted by atomic mass is 15.0. The van der Waals surface area contributed by atoms with Crippen LogP contribution in [0.1, 0.15) is 54.5 Å². The molecule has 6 heteroatoms. The van der Waals surface area contributed by atoms with Crippen LogP contribution in [0.25, 0.3) is 11.0 Å². The summed E-state index contributed by atoms with van der Waals surface area (Å²) in [4.78, 5) is 12.6. The van der Waals surface area contributed by atoms with Crippen LogP contribution in [0.5, 0.6) is 0 Å². The lowest BCUT2D eigenvalue weighted by molar-refractivity contribution is 0.366. The minimum atomic E-state index is 0.343. The highest BCUT2D eigenvalue weighted by Crippen LogP contribution is 2.36. The van der Waals surface area contributed by atoms with Crippen LogP contribution in [-0.4, -0.2) is 28.0 Å². The number of nitrogens with zero attached hydrogens (tertiary/aromatic N) is 2. The summed E-state index contributed by atoms with van der Waals surface area (Å²) < 4.78 is 0. The summed E-state index contributed by atoms with van der Waals surface area (Å²) in [6, 6.07) is 11.0. The maximum absolute atomic E-state index is 6.09. The Morgan fingerprint density at radius 3 is 2.78 bits per heavy atom. The second-order valence-electron chi connectivity index (χ2n) is 7.39. The van der Waals surface area contributed by atoms with E-state index in [9.17, 15) is 0 Å². The number of piperidine rings is 1. The fourth-order valence-corrected chi connectivity index (χ4v) is 4.15. The van der Waals surface area contributed by atoms with E-state index in [0.29, 0.717) is 17.9 Å². The van der Waals surface area contributed by atoms with Crippen LogP contribution < -0.4 is 16.8 Å². The molecule has 142 valence electrons. The van der Waals surface area contributed by atoms with Gasteiger partial charge in [-0.15, -0.1) is 0 Å². The number of nitrogen functional groups attached to an aromatic ring is 1. The Labute approximate surface area is 159 Å². The predicted octanol–water partition coefficient (Wildman–Crippen LogP) is 3.03. The van der Waals surface area contributed by atoms with Gasteiger partial charge in [-0.05, 0) is 56.3 Å². The topological polar surface area (TPSA) is 106 Å². The van der Waals surface area contributed by atoms with Crippen molar-refractivity contribution in [3.8, 4) is 0 Å². The third-order valence-electron chi connectivity index (χ3n) is 5.54. The molecule has 0 aliphatic carbocycles. The maximum Gasteiger partial charge on any atom is 0.220 e. The second-order valence-corrected chi connectivity index (χ2v) is 7.39. The molecule has 6 nitrogen and oxygen atoms in total. The number of aromatic nitrogens is 3. The number of aryl methyl sites for hydroxylation is 1. The van der Waals surface area contributed by atoms with Crippen molar-refractivity contribution in [3.05, 3.63) is 53.3 Å². The zero-order valence-electron chi connectivity index (χ0n) is 15.6. The van der Waals surface area contributed by atoms with Gasteiger partial charge in [0.25, 0.3) is 0 Å². The lowest BCUT2D eigenvalue weighted by Crippen LogP contribution is -2.31. The summed E-state index contributed by atoms with van der Waals surface area (Å²) >= 11 is 0. The molecule has 1 aliphatic heterocycles. The molecule has 4 rings (SSSR count). The Hall–Kier alpha value is -2.44. The Bertz CT molecular complexity index is 888. The highest BCUT2D eigenvalue weighted by molar-refractivity contribution is 5.82. The number of H-pyrrole nitrogens is 1. The average molecular weight is 364 g/mol. The molecule has 3 heterocycles. The number of nitrogens with two attached hydrogens (primary N) is 2. The van der Waals surface area contributed by atoms with E-state index in [0.717, 1.165) is 61.9 Å². The van der Waals surface area contributed by atoms with Crippen LogP contribution in [0.3, 0.4) is 0 Å². The molecule has 0 saturated carbocycles. The minimum absolute atomic E-state index is 0.343. The Balaban J connectivity index is 1.62. The monoisotopic (exact) mass is 364 g/mol. The van der Waals surface area contributed by atoms with Crippen molar-refractivity contribution in [2.24, 2.45) is 5.73 Å². The largest absolute Gasteiger partial charge is 0.368 e. The molecule has 2 aromatic heterocycles. The van der Waals surface area contributed by atoms with Crippen LogP contribution in [0.2, 0.25) is 0 Å².